The summed E-state index contributed by atoms with van der Waals surface area (Å²) in [6, 6.07) is 0.941. The average Bonchev–Trinajstić information content (AvgIpc) is 2.86. The highest BCUT2D eigenvalue weighted by Crippen LogP contribution is 2.13. The molecule has 9 nitrogen and oxygen atoms in total. The monoisotopic (exact) mass is 519 g/mol. The SMILES string of the molecule is CCCCCCCCCCCCCCCCCCNC(CCCNC(=N)N)C(=O)n1ccc(N)nc1=O. The van der Waals surface area contributed by atoms with Crippen LogP contribution in [0.4, 0.5) is 5.82 Å². The van der Waals surface area contributed by atoms with E-state index in [-0.39, 0.29) is 17.7 Å². The van der Waals surface area contributed by atoms with Gasteiger partial charge in [0.1, 0.15) is 5.82 Å². The summed E-state index contributed by atoms with van der Waals surface area (Å²) in [6.07, 6.45) is 23.7. The Morgan fingerprint density at radius 1 is 0.892 bits per heavy atom. The van der Waals surface area contributed by atoms with Crippen molar-refractivity contribution in [2.45, 2.75) is 129 Å². The maximum atomic E-state index is 12.9. The number of nitrogens with two attached hydrogens (primary N) is 2. The van der Waals surface area contributed by atoms with E-state index in [1.54, 1.807) is 0 Å². The molecule has 1 rings (SSSR count). The lowest BCUT2D eigenvalue weighted by Gasteiger charge is -2.18. The molecule has 1 aromatic rings. The second-order valence-electron chi connectivity index (χ2n) is 10.1. The third-order valence-corrected chi connectivity index (χ3v) is 6.77. The predicted molar refractivity (Wildman–Crippen MR) is 154 cm³/mol. The minimum Gasteiger partial charge on any atom is -0.383 e. The number of anilines is 1. The normalized spacial score (nSPS) is 11.9. The van der Waals surface area contributed by atoms with Crippen LogP contribution >= 0.6 is 0 Å². The number of hydrogen-bond acceptors (Lipinski definition) is 6. The fourth-order valence-electron chi connectivity index (χ4n) is 4.54. The first kappa shape index (κ1) is 32.6. The van der Waals surface area contributed by atoms with Gasteiger partial charge in [-0.15, -0.1) is 0 Å². The summed E-state index contributed by atoms with van der Waals surface area (Å²) in [6.45, 7) is 3.48. The molecule has 37 heavy (non-hydrogen) atoms. The molecule has 0 aliphatic rings. The molecule has 0 spiro atoms. The van der Waals surface area contributed by atoms with Gasteiger partial charge in [-0.05, 0) is 31.9 Å². The van der Waals surface area contributed by atoms with Crippen molar-refractivity contribution in [1.82, 2.24) is 20.2 Å². The first-order valence-electron chi connectivity index (χ1n) is 14.7. The first-order valence-corrected chi connectivity index (χ1v) is 14.7. The lowest BCUT2D eigenvalue weighted by molar-refractivity contribution is 0.0846. The van der Waals surface area contributed by atoms with Crippen LogP contribution in [0.25, 0.3) is 0 Å². The zero-order chi connectivity index (χ0) is 27.1. The van der Waals surface area contributed by atoms with Gasteiger partial charge in [-0.3, -0.25) is 10.2 Å². The van der Waals surface area contributed by atoms with Crippen LogP contribution in [0.5, 0.6) is 0 Å². The van der Waals surface area contributed by atoms with E-state index in [0.717, 1.165) is 17.4 Å². The van der Waals surface area contributed by atoms with Gasteiger partial charge in [-0.25, -0.2) is 9.36 Å². The van der Waals surface area contributed by atoms with E-state index in [0.29, 0.717) is 25.9 Å². The third kappa shape index (κ3) is 16.9. The van der Waals surface area contributed by atoms with Crippen molar-refractivity contribution < 1.29 is 4.79 Å². The lowest BCUT2D eigenvalue weighted by Crippen LogP contribution is -2.44. The Bertz CT molecular complexity index is 797. The van der Waals surface area contributed by atoms with Gasteiger partial charge >= 0.3 is 5.69 Å². The molecule has 0 aromatic carbocycles. The molecule has 0 radical (unpaired) electrons. The second kappa shape index (κ2) is 21.6. The van der Waals surface area contributed by atoms with Crippen LogP contribution in [0.15, 0.2) is 17.1 Å². The highest BCUT2D eigenvalue weighted by atomic mass is 16.2. The Balaban J connectivity index is 2.17. The van der Waals surface area contributed by atoms with Gasteiger partial charge in [0, 0.05) is 12.7 Å². The fraction of sp³-hybridized carbons (Fsp3) is 0.786. The van der Waals surface area contributed by atoms with Crippen molar-refractivity contribution in [2.75, 3.05) is 18.8 Å². The minimum absolute atomic E-state index is 0.0945. The highest BCUT2D eigenvalue weighted by Gasteiger charge is 2.20. The number of rotatable bonds is 23. The Morgan fingerprint density at radius 3 is 1.89 bits per heavy atom. The van der Waals surface area contributed by atoms with E-state index in [1.807, 2.05) is 0 Å². The maximum absolute atomic E-state index is 12.9. The summed E-state index contributed by atoms with van der Waals surface area (Å²) >= 11 is 0. The Hall–Kier alpha value is -2.42. The quantitative estimate of drug-likeness (QED) is 0.0779. The van der Waals surface area contributed by atoms with Crippen molar-refractivity contribution in [3.8, 4) is 0 Å². The van der Waals surface area contributed by atoms with E-state index in [4.69, 9.17) is 16.9 Å². The number of nitrogens with one attached hydrogen (secondary N) is 3. The molecule has 0 saturated heterocycles. The number of guanidine groups is 1. The Labute approximate surface area is 224 Å². The topological polar surface area (TPSA) is 152 Å². The van der Waals surface area contributed by atoms with Crippen LogP contribution in [-0.2, 0) is 0 Å². The van der Waals surface area contributed by atoms with E-state index >= 15 is 0 Å². The summed E-state index contributed by atoms with van der Waals surface area (Å²) in [5.74, 6) is -0.336. The molecule has 1 heterocycles. The number of carbonyl (C=O) groups is 1. The summed E-state index contributed by atoms with van der Waals surface area (Å²) in [7, 11) is 0. The summed E-state index contributed by atoms with van der Waals surface area (Å²) in [5, 5.41) is 13.3. The van der Waals surface area contributed by atoms with Crippen LogP contribution in [0.1, 0.15) is 127 Å². The maximum Gasteiger partial charge on any atom is 0.356 e. The van der Waals surface area contributed by atoms with Gasteiger partial charge in [-0.2, -0.15) is 4.98 Å². The molecular weight excluding hydrogens is 466 g/mol. The second-order valence-corrected chi connectivity index (χ2v) is 10.1. The highest BCUT2D eigenvalue weighted by molar-refractivity contribution is 5.84. The van der Waals surface area contributed by atoms with Crippen molar-refractivity contribution in [2.24, 2.45) is 5.73 Å². The van der Waals surface area contributed by atoms with Gasteiger partial charge in [0.15, 0.2) is 5.96 Å². The lowest BCUT2D eigenvalue weighted by atomic mass is 10.0. The minimum atomic E-state index is -0.666. The number of hydrogen-bond donors (Lipinski definition) is 5. The van der Waals surface area contributed by atoms with E-state index in [2.05, 4.69) is 22.5 Å². The fourth-order valence-corrected chi connectivity index (χ4v) is 4.54. The smallest absolute Gasteiger partial charge is 0.356 e. The molecule has 0 aliphatic carbocycles. The molecule has 7 N–H and O–H groups in total. The molecule has 1 aromatic heterocycles. The van der Waals surface area contributed by atoms with Crippen molar-refractivity contribution in [3.05, 3.63) is 22.7 Å². The van der Waals surface area contributed by atoms with Crippen LogP contribution in [0.2, 0.25) is 0 Å². The molecule has 9 heteroatoms. The van der Waals surface area contributed by atoms with Crippen molar-refractivity contribution in [3.63, 3.8) is 0 Å². The zero-order valence-corrected chi connectivity index (χ0v) is 23.2. The molecule has 0 bridgehead atoms. The Morgan fingerprint density at radius 2 is 1.41 bits per heavy atom. The molecule has 1 unspecified atom stereocenters. The molecule has 0 amide bonds. The number of unbranched alkanes of at least 4 members (excludes halogenated alkanes) is 15. The Kier molecular flexibility index (Phi) is 19.1. The molecule has 0 aliphatic heterocycles. The number of nitrogen functional groups attached to an aromatic ring is 1. The molecule has 212 valence electrons. The average molecular weight is 520 g/mol. The largest absolute Gasteiger partial charge is 0.383 e. The third-order valence-electron chi connectivity index (χ3n) is 6.77. The number of carbonyl (C=O) groups excluding carboxylic acids is 1. The molecule has 0 fully saturated rings. The number of nitrogens with zero attached hydrogens (tertiary/aromatic N) is 2. The van der Waals surface area contributed by atoms with Crippen molar-refractivity contribution >= 4 is 17.7 Å². The predicted octanol–water partition coefficient (Wildman–Crippen LogP) is 4.95. The van der Waals surface area contributed by atoms with Gasteiger partial charge in [0.25, 0.3) is 5.91 Å². The van der Waals surface area contributed by atoms with Gasteiger partial charge in [0.05, 0.1) is 6.04 Å². The van der Waals surface area contributed by atoms with Gasteiger partial charge in [-0.1, -0.05) is 103 Å². The molecule has 1 atom stereocenters. The summed E-state index contributed by atoms with van der Waals surface area (Å²) in [5.41, 5.74) is 10.2. The zero-order valence-electron chi connectivity index (χ0n) is 23.2. The first-order chi connectivity index (χ1) is 18.0. The molecule has 0 saturated carbocycles. The summed E-state index contributed by atoms with van der Waals surface area (Å²) in [4.78, 5) is 28.7. The standard InChI is InChI=1S/C28H53N7O2/c1-2-3-4-5-6-7-8-9-10-11-12-13-14-15-16-17-21-32-24(19-18-22-33-27(30)31)26(36)35-23-20-25(29)34-28(35)37/h20,23-24,32H,2-19,21-22H2,1H3,(H2,29,34,37)(H4,30,31,33). The van der Waals surface area contributed by atoms with Crippen LogP contribution in [0, 0.1) is 5.41 Å². The number of aromatic nitrogens is 2. The van der Waals surface area contributed by atoms with Crippen LogP contribution in [0.3, 0.4) is 0 Å². The van der Waals surface area contributed by atoms with Crippen LogP contribution < -0.4 is 27.8 Å². The summed E-state index contributed by atoms with van der Waals surface area (Å²) < 4.78 is 1.01. The van der Waals surface area contributed by atoms with Gasteiger partial charge in [0.2, 0.25) is 0 Å². The van der Waals surface area contributed by atoms with E-state index in [1.165, 1.54) is 102 Å². The van der Waals surface area contributed by atoms with E-state index < -0.39 is 11.7 Å². The van der Waals surface area contributed by atoms with Crippen LogP contribution in [-0.4, -0.2) is 40.5 Å². The van der Waals surface area contributed by atoms with E-state index in [9.17, 15) is 9.59 Å². The van der Waals surface area contributed by atoms with Crippen molar-refractivity contribution in [1.29, 1.82) is 5.41 Å². The van der Waals surface area contributed by atoms with Gasteiger partial charge < -0.3 is 22.1 Å². The molecular formula is C28H53N7O2.